The molecule has 3 nitrogen and oxygen atoms in total. The van der Waals surface area contributed by atoms with E-state index in [1.807, 2.05) is 42.5 Å². The van der Waals surface area contributed by atoms with Crippen LogP contribution in [0, 0.1) is 0 Å². The Morgan fingerprint density at radius 3 is 2.05 bits per heavy atom. The topological polar surface area (TPSA) is 27.7 Å². The molecule has 0 spiro atoms. The van der Waals surface area contributed by atoms with Crippen LogP contribution >= 0.6 is 11.6 Å². The van der Waals surface area contributed by atoms with E-state index in [4.69, 9.17) is 25.8 Å². The van der Waals surface area contributed by atoms with Gasteiger partial charge >= 0.3 is 0 Å². The maximum Gasteiger partial charge on any atom is 0.127 e. The number of alkyl halides is 1. The quantitative estimate of drug-likeness (QED) is 0.747. The largest absolute Gasteiger partial charge is 0.497 e. The molecule has 0 aliphatic carbocycles. The van der Waals surface area contributed by atoms with Crippen molar-refractivity contribution in [2.24, 2.45) is 0 Å². The van der Waals surface area contributed by atoms with Gasteiger partial charge in [-0.25, -0.2) is 0 Å². The highest BCUT2D eigenvalue weighted by Gasteiger charge is 2.15. The Morgan fingerprint density at radius 2 is 1.48 bits per heavy atom. The van der Waals surface area contributed by atoms with Crippen molar-refractivity contribution >= 4 is 11.6 Å². The van der Waals surface area contributed by atoms with Gasteiger partial charge in [0.1, 0.15) is 17.2 Å². The Labute approximate surface area is 130 Å². The third kappa shape index (κ3) is 3.82. The molecule has 2 aromatic carbocycles. The molecule has 0 saturated carbocycles. The molecule has 2 rings (SSSR count). The fourth-order valence-corrected chi connectivity index (χ4v) is 2.51. The standard InChI is InChI=1S/C17H19ClO3/c1-19-13-6-4-12(5-7-13)10-16(18)15-9-8-14(20-2)11-17(15)21-3/h4-9,11,16H,10H2,1-3H3. The van der Waals surface area contributed by atoms with Gasteiger partial charge in [-0.1, -0.05) is 18.2 Å². The first kappa shape index (κ1) is 15.5. The summed E-state index contributed by atoms with van der Waals surface area (Å²) in [5.41, 5.74) is 2.10. The van der Waals surface area contributed by atoms with Crippen molar-refractivity contribution in [3.63, 3.8) is 0 Å². The summed E-state index contributed by atoms with van der Waals surface area (Å²) in [6, 6.07) is 13.6. The van der Waals surface area contributed by atoms with Crippen molar-refractivity contribution in [3.05, 3.63) is 53.6 Å². The summed E-state index contributed by atoms with van der Waals surface area (Å²) >= 11 is 6.54. The minimum Gasteiger partial charge on any atom is -0.497 e. The van der Waals surface area contributed by atoms with Gasteiger partial charge in [-0.15, -0.1) is 11.6 Å². The second-order valence-corrected chi connectivity index (χ2v) is 5.15. The molecule has 0 radical (unpaired) electrons. The van der Waals surface area contributed by atoms with Crippen LogP contribution in [0.4, 0.5) is 0 Å². The molecule has 21 heavy (non-hydrogen) atoms. The molecule has 0 N–H and O–H groups in total. The van der Waals surface area contributed by atoms with Crippen molar-refractivity contribution in [1.29, 1.82) is 0 Å². The van der Waals surface area contributed by atoms with E-state index in [1.54, 1.807) is 21.3 Å². The predicted octanol–water partition coefficient (Wildman–Crippen LogP) is 4.24. The Morgan fingerprint density at radius 1 is 0.857 bits per heavy atom. The van der Waals surface area contributed by atoms with Crippen LogP contribution in [0.1, 0.15) is 16.5 Å². The summed E-state index contributed by atoms with van der Waals surface area (Å²) in [6.07, 6.45) is 0.717. The average molecular weight is 307 g/mol. The summed E-state index contributed by atoms with van der Waals surface area (Å²) in [7, 11) is 4.92. The van der Waals surface area contributed by atoms with Crippen molar-refractivity contribution in [2.45, 2.75) is 11.8 Å². The van der Waals surface area contributed by atoms with Crippen LogP contribution in [0.2, 0.25) is 0 Å². The van der Waals surface area contributed by atoms with Gasteiger partial charge < -0.3 is 14.2 Å². The molecule has 0 aliphatic heterocycles. The van der Waals surface area contributed by atoms with Crippen LogP contribution < -0.4 is 14.2 Å². The van der Waals surface area contributed by atoms with E-state index < -0.39 is 0 Å². The molecule has 0 heterocycles. The first-order valence-electron chi connectivity index (χ1n) is 6.67. The summed E-state index contributed by atoms with van der Waals surface area (Å²) in [5.74, 6) is 2.33. The molecule has 4 heteroatoms. The van der Waals surface area contributed by atoms with Crippen LogP contribution in [0.3, 0.4) is 0 Å². The zero-order valence-corrected chi connectivity index (χ0v) is 13.2. The number of benzene rings is 2. The van der Waals surface area contributed by atoms with Crippen LogP contribution in [0.15, 0.2) is 42.5 Å². The highest BCUT2D eigenvalue weighted by atomic mass is 35.5. The molecule has 0 amide bonds. The third-order valence-electron chi connectivity index (χ3n) is 3.35. The van der Waals surface area contributed by atoms with Crippen LogP contribution in [-0.4, -0.2) is 21.3 Å². The number of halogens is 1. The molecule has 0 bridgehead atoms. The molecule has 1 unspecified atom stereocenters. The van der Waals surface area contributed by atoms with Crippen LogP contribution in [0.25, 0.3) is 0 Å². The first-order valence-corrected chi connectivity index (χ1v) is 7.10. The summed E-state index contributed by atoms with van der Waals surface area (Å²) in [6.45, 7) is 0. The summed E-state index contributed by atoms with van der Waals surface area (Å²) < 4.78 is 15.8. The lowest BCUT2D eigenvalue weighted by Crippen LogP contribution is -2.00. The van der Waals surface area contributed by atoms with Gasteiger partial charge in [-0.3, -0.25) is 0 Å². The maximum atomic E-state index is 6.54. The Kier molecular flexibility index (Phi) is 5.34. The number of hydrogen-bond donors (Lipinski definition) is 0. The van der Waals surface area contributed by atoms with E-state index in [1.165, 1.54) is 0 Å². The van der Waals surface area contributed by atoms with E-state index in [9.17, 15) is 0 Å². The lowest BCUT2D eigenvalue weighted by Gasteiger charge is -2.15. The highest BCUT2D eigenvalue weighted by Crippen LogP contribution is 2.35. The zero-order chi connectivity index (χ0) is 15.2. The fourth-order valence-electron chi connectivity index (χ4n) is 2.16. The summed E-state index contributed by atoms with van der Waals surface area (Å²) in [5, 5.41) is -0.167. The maximum absolute atomic E-state index is 6.54. The predicted molar refractivity (Wildman–Crippen MR) is 84.8 cm³/mol. The van der Waals surface area contributed by atoms with Crippen LogP contribution in [0.5, 0.6) is 17.2 Å². The number of rotatable bonds is 6. The zero-order valence-electron chi connectivity index (χ0n) is 12.4. The lowest BCUT2D eigenvalue weighted by atomic mass is 10.0. The fraction of sp³-hybridized carbons (Fsp3) is 0.294. The summed E-state index contributed by atoms with van der Waals surface area (Å²) in [4.78, 5) is 0. The van der Waals surface area contributed by atoms with Crippen LogP contribution in [-0.2, 0) is 6.42 Å². The van der Waals surface area contributed by atoms with Gasteiger partial charge in [0, 0.05) is 11.6 Å². The lowest BCUT2D eigenvalue weighted by molar-refractivity contribution is 0.390. The van der Waals surface area contributed by atoms with Crippen molar-refractivity contribution < 1.29 is 14.2 Å². The highest BCUT2D eigenvalue weighted by molar-refractivity contribution is 6.21. The molecule has 0 aromatic heterocycles. The molecule has 0 fully saturated rings. The third-order valence-corrected chi connectivity index (χ3v) is 3.74. The Balaban J connectivity index is 2.17. The van der Waals surface area contributed by atoms with Crippen molar-refractivity contribution in [2.75, 3.05) is 21.3 Å². The monoisotopic (exact) mass is 306 g/mol. The minimum absolute atomic E-state index is 0.167. The SMILES string of the molecule is COc1ccc(CC(Cl)c2ccc(OC)cc2OC)cc1. The smallest absolute Gasteiger partial charge is 0.127 e. The minimum atomic E-state index is -0.167. The molecule has 0 saturated heterocycles. The van der Waals surface area contributed by atoms with Gasteiger partial charge in [0.2, 0.25) is 0 Å². The molecular weight excluding hydrogens is 288 g/mol. The van der Waals surface area contributed by atoms with E-state index in [2.05, 4.69) is 0 Å². The second-order valence-electron chi connectivity index (χ2n) is 4.63. The van der Waals surface area contributed by atoms with Crippen molar-refractivity contribution in [3.8, 4) is 17.2 Å². The second kappa shape index (κ2) is 7.23. The molecular formula is C17H19ClO3. The van der Waals surface area contributed by atoms with Crippen molar-refractivity contribution in [1.82, 2.24) is 0 Å². The van der Waals surface area contributed by atoms with E-state index in [-0.39, 0.29) is 5.38 Å². The normalized spacial score (nSPS) is 11.8. The Bertz CT molecular complexity index is 581. The van der Waals surface area contributed by atoms with Gasteiger partial charge in [0.05, 0.1) is 26.7 Å². The molecule has 1 atom stereocenters. The number of ether oxygens (including phenoxy) is 3. The van der Waals surface area contributed by atoms with E-state index in [0.717, 1.165) is 28.4 Å². The first-order chi connectivity index (χ1) is 10.2. The number of methoxy groups -OCH3 is 3. The van der Waals surface area contributed by atoms with Gasteiger partial charge in [0.25, 0.3) is 0 Å². The Hall–Kier alpha value is -1.87. The van der Waals surface area contributed by atoms with Gasteiger partial charge in [0.15, 0.2) is 0 Å². The molecule has 0 aliphatic rings. The van der Waals surface area contributed by atoms with Gasteiger partial charge in [-0.05, 0) is 30.2 Å². The molecule has 112 valence electrons. The number of hydrogen-bond acceptors (Lipinski definition) is 3. The van der Waals surface area contributed by atoms with Gasteiger partial charge in [-0.2, -0.15) is 0 Å². The average Bonchev–Trinajstić information content (AvgIpc) is 2.54. The molecule has 2 aromatic rings. The van der Waals surface area contributed by atoms with E-state index >= 15 is 0 Å². The van der Waals surface area contributed by atoms with E-state index in [0.29, 0.717) is 6.42 Å².